The van der Waals surface area contributed by atoms with Gasteiger partial charge in [0.2, 0.25) is 0 Å². The maximum atomic E-state index is 6.53. The third-order valence-electron chi connectivity index (χ3n) is 6.16. The molecule has 30 heavy (non-hydrogen) atoms. The molecule has 1 aromatic heterocycles. The fourth-order valence-corrected chi connectivity index (χ4v) is 4.42. The molecule has 0 saturated carbocycles. The summed E-state index contributed by atoms with van der Waals surface area (Å²) in [6, 6.07) is 25.5. The Balaban J connectivity index is 1.20. The summed E-state index contributed by atoms with van der Waals surface area (Å²) < 4.78 is 12.5. The molecule has 1 saturated heterocycles. The van der Waals surface area contributed by atoms with Crippen LogP contribution in [-0.4, -0.2) is 23.7 Å². The molecule has 0 unspecified atom stereocenters. The lowest BCUT2D eigenvalue weighted by Gasteiger charge is -2.41. The first-order valence-corrected chi connectivity index (χ1v) is 10.5. The SMILES string of the molecule is C1=CC2(CCN(c3nc4ccccc4o3)CC2)Oc2ccc(-c3ccccc3)cc21. The number of ether oxygens (including phenoxy) is 1. The molecule has 0 amide bonds. The van der Waals surface area contributed by atoms with E-state index >= 15 is 0 Å². The van der Waals surface area contributed by atoms with Gasteiger partial charge in [0.25, 0.3) is 6.01 Å². The molecule has 4 heteroatoms. The second kappa shape index (κ2) is 6.77. The van der Waals surface area contributed by atoms with Crippen LogP contribution in [0.25, 0.3) is 28.3 Å². The van der Waals surface area contributed by atoms with Crippen LogP contribution in [0.5, 0.6) is 5.75 Å². The maximum absolute atomic E-state index is 6.53. The summed E-state index contributed by atoms with van der Waals surface area (Å²) in [6.07, 6.45) is 6.28. The summed E-state index contributed by atoms with van der Waals surface area (Å²) in [5, 5.41) is 0. The summed E-state index contributed by atoms with van der Waals surface area (Å²) in [5.41, 5.74) is 5.08. The summed E-state index contributed by atoms with van der Waals surface area (Å²) in [7, 11) is 0. The summed E-state index contributed by atoms with van der Waals surface area (Å²) in [5.74, 6) is 0.965. The highest BCUT2D eigenvalue weighted by molar-refractivity contribution is 5.74. The molecule has 0 aliphatic carbocycles. The largest absolute Gasteiger partial charge is 0.482 e. The van der Waals surface area contributed by atoms with Crippen molar-refractivity contribution in [3.63, 3.8) is 0 Å². The molecular weight excluding hydrogens is 372 g/mol. The summed E-state index contributed by atoms with van der Waals surface area (Å²) >= 11 is 0. The molecule has 0 atom stereocenters. The van der Waals surface area contributed by atoms with Crippen LogP contribution >= 0.6 is 0 Å². The molecular formula is C26H22N2O2. The highest BCUT2D eigenvalue weighted by Gasteiger charge is 2.37. The fourth-order valence-electron chi connectivity index (χ4n) is 4.42. The van der Waals surface area contributed by atoms with Gasteiger partial charge in [-0.3, -0.25) is 0 Å². The molecule has 3 aromatic carbocycles. The van der Waals surface area contributed by atoms with Crippen molar-refractivity contribution in [1.82, 2.24) is 4.98 Å². The van der Waals surface area contributed by atoms with Crippen LogP contribution in [0.4, 0.5) is 6.01 Å². The molecule has 3 heterocycles. The first kappa shape index (κ1) is 17.3. The van der Waals surface area contributed by atoms with Crippen LogP contribution in [0.1, 0.15) is 18.4 Å². The molecule has 148 valence electrons. The van der Waals surface area contributed by atoms with Gasteiger partial charge in [0.05, 0.1) is 0 Å². The standard InChI is InChI=1S/C26H22N2O2/c1-2-6-19(7-3-1)20-10-11-23-21(18-20)12-13-26(30-23)14-16-28(17-15-26)25-27-22-8-4-5-9-24(22)29-25/h1-13,18H,14-17H2. The Labute approximate surface area is 175 Å². The van der Waals surface area contributed by atoms with E-state index in [4.69, 9.17) is 9.15 Å². The summed E-state index contributed by atoms with van der Waals surface area (Å²) in [6.45, 7) is 1.71. The Morgan fingerprint density at radius 3 is 2.47 bits per heavy atom. The van der Waals surface area contributed by atoms with Crippen molar-refractivity contribution in [2.75, 3.05) is 18.0 Å². The Morgan fingerprint density at radius 1 is 0.833 bits per heavy atom. The molecule has 1 fully saturated rings. The first-order valence-electron chi connectivity index (χ1n) is 10.5. The molecule has 0 radical (unpaired) electrons. The maximum Gasteiger partial charge on any atom is 0.298 e. The zero-order chi connectivity index (χ0) is 20.0. The molecule has 1 spiro atoms. The first-order chi connectivity index (χ1) is 14.8. The number of aromatic nitrogens is 1. The lowest BCUT2D eigenvalue weighted by molar-refractivity contribution is 0.0883. The predicted molar refractivity (Wildman–Crippen MR) is 120 cm³/mol. The number of oxazole rings is 1. The van der Waals surface area contributed by atoms with Crippen molar-refractivity contribution in [1.29, 1.82) is 0 Å². The monoisotopic (exact) mass is 394 g/mol. The lowest BCUT2D eigenvalue weighted by atomic mass is 9.87. The number of para-hydroxylation sites is 2. The second-order valence-electron chi connectivity index (χ2n) is 8.07. The fraction of sp³-hybridized carbons (Fsp3) is 0.192. The second-order valence-corrected chi connectivity index (χ2v) is 8.07. The zero-order valence-corrected chi connectivity index (χ0v) is 16.6. The number of nitrogens with zero attached hydrogens (tertiary/aromatic N) is 2. The molecule has 4 aromatic rings. The minimum absolute atomic E-state index is 0.246. The van der Waals surface area contributed by atoms with Gasteiger partial charge in [0.15, 0.2) is 5.58 Å². The van der Waals surface area contributed by atoms with Crippen LogP contribution in [-0.2, 0) is 0 Å². The number of piperidine rings is 1. The van der Waals surface area contributed by atoms with Gasteiger partial charge in [-0.15, -0.1) is 0 Å². The highest BCUT2D eigenvalue weighted by atomic mass is 16.5. The van der Waals surface area contributed by atoms with Crippen LogP contribution in [0, 0.1) is 0 Å². The van der Waals surface area contributed by atoms with E-state index in [1.54, 1.807) is 0 Å². The topological polar surface area (TPSA) is 38.5 Å². The van der Waals surface area contributed by atoms with Gasteiger partial charge in [-0.2, -0.15) is 4.98 Å². The van der Waals surface area contributed by atoms with E-state index in [1.165, 1.54) is 11.1 Å². The lowest BCUT2D eigenvalue weighted by Crippen LogP contribution is -2.47. The molecule has 2 aliphatic rings. The average molecular weight is 394 g/mol. The van der Waals surface area contributed by atoms with Gasteiger partial charge in [-0.1, -0.05) is 54.6 Å². The van der Waals surface area contributed by atoms with E-state index < -0.39 is 0 Å². The molecule has 0 N–H and O–H groups in total. The van der Waals surface area contributed by atoms with Crippen LogP contribution < -0.4 is 9.64 Å². The number of rotatable bonds is 2. The number of hydrogen-bond acceptors (Lipinski definition) is 4. The van der Waals surface area contributed by atoms with E-state index in [0.29, 0.717) is 6.01 Å². The Bertz CT molecular complexity index is 1200. The molecule has 4 nitrogen and oxygen atoms in total. The van der Waals surface area contributed by atoms with Crippen molar-refractivity contribution in [2.24, 2.45) is 0 Å². The molecule has 2 aliphatic heterocycles. The van der Waals surface area contributed by atoms with Gasteiger partial charge < -0.3 is 14.1 Å². The molecule has 0 bridgehead atoms. The van der Waals surface area contributed by atoms with Crippen LogP contribution in [0.15, 0.2) is 83.3 Å². The van der Waals surface area contributed by atoms with Crippen LogP contribution in [0.3, 0.4) is 0 Å². The number of anilines is 1. The van der Waals surface area contributed by atoms with E-state index in [-0.39, 0.29) is 5.60 Å². The van der Waals surface area contributed by atoms with Gasteiger partial charge in [0.1, 0.15) is 16.9 Å². The quantitative estimate of drug-likeness (QED) is 0.422. The van der Waals surface area contributed by atoms with E-state index in [2.05, 4.69) is 64.5 Å². The van der Waals surface area contributed by atoms with E-state index in [1.807, 2.05) is 30.3 Å². The van der Waals surface area contributed by atoms with Crippen molar-refractivity contribution >= 4 is 23.2 Å². The Kier molecular flexibility index (Phi) is 3.91. The van der Waals surface area contributed by atoms with Crippen molar-refractivity contribution < 1.29 is 9.15 Å². The van der Waals surface area contributed by atoms with E-state index in [0.717, 1.165) is 48.3 Å². The predicted octanol–water partition coefficient (Wildman–Crippen LogP) is 5.94. The van der Waals surface area contributed by atoms with Crippen LogP contribution in [0.2, 0.25) is 0 Å². The number of fused-ring (bicyclic) bond motifs is 2. The third kappa shape index (κ3) is 2.96. The van der Waals surface area contributed by atoms with Crippen molar-refractivity contribution in [3.05, 3.63) is 84.4 Å². The minimum Gasteiger partial charge on any atom is -0.482 e. The van der Waals surface area contributed by atoms with Gasteiger partial charge >= 0.3 is 0 Å². The van der Waals surface area contributed by atoms with Gasteiger partial charge in [-0.05, 0) is 41.5 Å². The van der Waals surface area contributed by atoms with Crippen molar-refractivity contribution in [2.45, 2.75) is 18.4 Å². The number of benzene rings is 3. The third-order valence-corrected chi connectivity index (χ3v) is 6.16. The normalized spacial score (nSPS) is 17.1. The average Bonchev–Trinajstić information content (AvgIpc) is 3.24. The van der Waals surface area contributed by atoms with E-state index in [9.17, 15) is 0 Å². The van der Waals surface area contributed by atoms with Crippen molar-refractivity contribution in [3.8, 4) is 16.9 Å². The van der Waals surface area contributed by atoms with Gasteiger partial charge in [-0.25, -0.2) is 0 Å². The minimum atomic E-state index is -0.246. The summed E-state index contributed by atoms with van der Waals surface area (Å²) in [4.78, 5) is 6.86. The Hall–Kier alpha value is -3.53. The van der Waals surface area contributed by atoms with Gasteiger partial charge in [0, 0.05) is 31.5 Å². The zero-order valence-electron chi connectivity index (χ0n) is 16.6. The number of hydrogen-bond donors (Lipinski definition) is 0. The smallest absolute Gasteiger partial charge is 0.298 e. The Morgan fingerprint density at radius 2 is 1.63 bits per heavy atom. The molecule has 6 rings (SSSR count). The highest BCUT2D eigenvalue weighted by Crippen LogP contribution is 2.39.